The van der Waals surface area contributed by atoms with Crippen LogP contribution >= 0.6 is 0 Å². The molecule has 0 aromatic carbocycles. The Morgan fingerprint density at radius 1 is 1.56 bits per heavy atom. The molecule has 0 radical (unpaired) electrons. The van der Waals surface area contributed by atoms with E-state index in [1.165, 1.54) is 0 Å². The van der Waals surface area contributed by atoms with Crippen molar-refractivity contribution in [1.82, 2.24) is 5.32 Å². The van der Waals surface area contributed by atoms with Crippen molar-refractivity contribution in [2.24, 2.45) is 15.7 Å². The predicted octanol–water partition coefficient (Wildman–Crippen LogP) is 1.44. The molecule has 5 heteroatoms. The molecule has 3 N–H and O–H groups in total. The van der Waals surface area contributed by atoms with Crippen LogP contribution in [0.2, 0.25) is 0 Å². The number of guanidine groups is 1. The smallest absolute Gasteiger partial charge is 0.196 e. The first-order valence-electron chi connectivity index (χ1n) is 5.40. The van der Waals surface area contributed by atoms with Gasteiger partial charge in [-0.2, -0.15) is 0 Å². The third-order valence-electron chi connectivity index (χ3n) is 2.59. The minimum atomic E-state index is -0.114. The lowest BCUT2D eigenvalue weighted by molar-refractivity contribution is 0.561. The molecule has 2 atom stereocenters. The number of furan rings is 1. The number of nitrogens with one attached hydrogen (secondary N) is 1. The Hall–Kier alpha value is -1.78. The van der Waals surface area contributed by atoms with Crippen LogP contribution in [0.3, 0.4) is 0 Å². The molecule has 0 fully saturated rings. The van der Waals surface area contributed by atoms with Gasteiger partial charge in [-0.1, -0.05) is 6.92 Å². The summed E-state index contributed by atoms with van der Waals surface area (Å²) >= 11 is 0. The van der Waals surface area contributed by atoms with E-state index in [9.17, 15) is 0 Å². The molecule has 1 aliphatic rings. The quantitative estimate of drug-likeness (QED) is 0.809. The molecule has 0 amide bonds. The summed E-state index contributed by atoms with van der Waals surface area (Å²) in [6, 6.07) is 1.95. The second-order valence-electron chi connectivity index (χ2n) is 3.80. The van der Waals surface area contributed by atoms with Crippen LogP contribution in [0.4, 0.5) is 0 Å². The molecule has 2 heterocycles. The Balaban J connectivity index is 2.23. The van der Waals surface area contributed by atoms with Crippen LogP contribution in [-0.2, 0) is 0 Å². The highest BCUT2D eigenvalue weighted by atomic mass is 16.3. The van der Waals surface area contributed by atoms with E-state index in [2.05, 4.69) is 22.2 Å². The van der Waals surface area contributed by atoms with Gasteiger partial charge in [0.2, 0.25) is 0 Å². The highest BCUT2D eigenvalue weighted by Crippen LogP contribution is 2.22. The van der Waals surface area contributed by atoms with Gasteiger partial charge in [-0.15, -0.1) is 0 Å². The van der Waals surface area contributed by atoms with Crippen molar-refractivity contribution in [2.45, 2.75) is 32.4 Å². The van der Waals surface area contributed by atoms with E-state index in [1.54, 1.807) is 12.5 Å². The summed E-state index contributed by atoms with van der Waals surface area (Å²) < 4.78 is 5.10. The molecule has 86 valence electrons. The number of nitrogens with two attached hydrogens (primary N) is 1. The summed E-state index contributed by atoms with van der Waals surface area (Å²) in [7, 11) is 0. The van der Waals surface area contributed by atoms with Crippen LogP contribution in [0, 0.1) is 0 Å². The van der Waals surface area contributed by atoms with E-state index in [1.807, 2.05) is 13.0 Å². The zero-order valence-electron chi connectivity index (χ0n) is 9.47. The number of nitrogens with zero attached hydrogens (tertiary/aromatic N) is 2. The molecule has 0 bridgehead atoms. The Labute approximate surface area is 94.5 Å². The summed E-state index contributed by atoms with van der Waals surface area (Å²) in [4.78, 5) is 8.56. The molecule has 5 nitrogen and oxygen atoms in total. The van der Waals surface area contributed by atoms with Crippen molar-refractivity contribution in [3.8, 4) is 0 Å². The lowest BCUT2D eigenvalue weighted by atomic mass is 9.97. The fourth-order valence-corrected chi connectivity index (χ4v) is 1.86. The minimum Gasteiger partial charge on any atom is -0.472 e. The highest BCUT2D eigenvalue weighted by Gasteiger charge is 2.21. The van der Waals surface area contributed by atoms with E-state index < -0.39 is 0 Å². The average Bonchev–Trinajstić information content (AvgIpc) is 2.70. The first-order valence-corrected chi connectivity index (χ1v) is 5.40. The monoisotopic (exact) mass is 220 g/mol. The molecule has 16 heavy (non-hydrogen) atoms. The summed E-state index contributed by atoms with van der Waals surface area (Å²) in [6.07, 6.45) is 4.23. The van der Waals surface area contributed by atoms with Gasteiger partial charge in [0.05, 0.1) is 12.5 Å². The number of aliphatic imine (C=N–C) groups is 2. The van der Waals surface area contributed by atoms with Crippen molar-refractivity contribution in [2.75, 3.05) is 0 Å². The zero-order chi connectivity index (χ0) is 11.5. The van der Waals surface area contributed by atoms with Crippen molar-refractivity contribution in [3.63, 3.8) is 0 Å². The van der Waals surface area contributed by atoms with Crippen LogP contribution in [0.15, 0.2) is 33.0 Å². The van der Waals surface area contributed by atoms with E-state index >= 15 is 0 Å². The van der Waals surface area contributed by atoms with E-state index in [4.69, 9.17) is 10.2 Å². The lowest BCUT2D eigenvalue weighted by Crippen LogP contribution is -2.43. The molecule has 2 unspecified atom stereocenters. The van der Waals surface area contributed by atoms with Gasteiger partial charge in [0.15, 0.2) is 5.96 Å². The fraction of sp³-hybridized carbons (Fsp3) is 0.455. The third-order valence-corrected chi connectivity index (χ3v) is 2.59. The second-order valence-corrected chi connectivity index (χ2v) is 3.80. The predicted molar refractivity (Wildman–Crippen MR) is 63.4 cm³/mol. The van der Waals surface area contributed by atoms with Crippen molar-refractivity contribution >= 4 is 11.8 Å². The van der Waals surface area contributed by atoms with Gasteiger partial charge < -0.3 is 15.5 Å². The fourth-order valence-electron chi connectivity index (χ4n) is 1.86. The third kappa shape index (κ3) is 2.08. The summed E-state index contributed by atoms with van der Waals surface area (Å²) in [6.45, 7) is 4.02. The van der Waals surface area contributed by atoms with Crippen LogP contribution < -0.4 is 11.1 Å². The zero-order valence-corrected chi connectivity index (χ0v) is 9.47. The van der Waals surface area contributed by atoms with Crippen molar-refractivity contribution in [3.05, 3.63) is 24.2 Å². The Kier molecular flexibility index (Phi) is 2.94. The number of amidine groups is 1. The first-order chi connectivity index (χ1) is 7.70. The Morgan fingerprint density at radius 3 is 2.94 bits per heavy atom. The highest BCUT2D eigenvalue weighted by molar-refractivity contribution is 6.03. The molecular formula is C11H16N4O. The van der Waals surface area contributed by atoms with Gasteiger partial charge >= 0.3 is 0 Å². The number of hydrogen-bond donors (Lipinski definition) is 2. The maximum Gasteiger partial charge on any atom is 0.196 e. The van der Waals surface area contributed by atoms with Gasteiger partial charge in [0, 0.05) is 11.5 Å². The number of rotatable bonds is 3. The maximum absolute atomic E-state index is 5.70. The standard InChI is InChI=1S/C11H16N4O/c1-3-9(8-4-5-16-6-8)10-13-7(2)14-11(12)15-10/h4-7,9H,3H2,1-2H3,(H3,12,13,14,15). The van der Waals surface area contributed by atoms with Gasteiger partial charge in [-0.25, -0.2) is 9.98 Å². The van der Waals surface area contributed by atoms with Crippen molar-refractivity contribution < 1.29 is 4.42 Å². The maximum atomic E-state index is 5.70. The molecular weight excluding hydrogens is 204 g/mol. The van der Waals surface area contributed by atoms with Gasteiger partial charge in [0.1, 0.15) is 12.0 Å². The summed E-state index contributed by atoms with van der Waals surface area (Å²) in [5.74, 6) is 1.48. The van der Waals surface area contributed by atoms with E-state index in [0.717, 1.165) is 17.8 Å². The van der Waals surface area contributed by atoms with Crippen LogP contribution in [0.25, 0.3) is 0 Å². The topological polar surface area (TPSA) is 75.9 Å². The largest absolute Gasteiger partial charge is 0.472 e. The number of hydrogen-bond acceptors (Lipinski definition) is 5. The minimum absolute atomic E-state index is 0.114. The van der Waals surface area contributed by atoms with E-state index in [-0.39, 0.29) is 12.1 Å². The molecule has 0 saturated heterocycles. The molecule has 1 aromatic heterocycles. The molecule has 0 spiro atoms. The molecule has 0 saturated carbocycles. The van der Waals surface area contributed by atoms with Crippen LogP contribution in [0.5, 0.6) is 0 Å². The van der Waals surface area contributed by atoms with Crippen LogP contribution in [0.1, 0.15) is 31.7 Å². The molecule has 0 aliphatic carbocycles. The first kappa shape index (κ1) is 10.7. The molecule has 1 aliphatic heterocycles. The summed E-state index contributed by atoms with van der Waals surface area (Å²) in [5, 5.41) is 3.02. The van der Waals surface area contributed by atoms with Gasteiger partial charge in [-0.05, 0) is 19.4 Å². The van der Waals surface area contributed by atoms with Gasteiger partial charge in [0.25, 0.3) is 0 Å². The van der Waals surface area contributed by atoms with Crippen molar-refractivity contribution in [1.29, 1.82) is 0 Å². The SMILES string of the molecule is CCC(C1=NC(C)N=C(N)N1)c1ccoc1. The van der Waals surface area contributed by atoms with E-state index in [0.29, 0.717) is 5.96 Å². The van der Waals surface area contributed by atoms with Gasteiger partial charge in [-0.3, -0.25) is 0 Å². The normalized spacial score (nSPS) is 22.0. The summed E-state index contributed by atoms with van der Waals surface area (Å²) in [5.41, 5.74) is 6.80. The average molecular weight is 220 g/mol. The lowest BCUT2D eigenvalue weighted by Gasteiger charge is -2.22. The second kappa shape index (κ2) is 4.38. The molecule has 1 aromatic rings. The van der Waals surface area contributed by atoms with Crippen LogP contribution in [-0.4, -0.2) is 18.0 Å². The Morgan fingerprint density at radius 2 is 2.38 bits per heavy atom. The Bertz CT molecular complexity index is 408. The molecule has 2 rings (SSSR count).